The van der Waals surface area contributed by atoms with Gasteiger partial charge >= 0.3 is 0 Å². The molecule has 0 amide bonds. The van der Waals surface area contributed by atoms with Crippen LogP contribution >= 0.6 is 0 Å². The molecular formula is C13H15NO. The minimum Gasteiger partial charge on any atom is -0.211 e. The smallest absolute Gasteiger partial charge is 0.211 e. The van der Waals surface area contributed by atoms with Crippen molar-refractivity contribution in [3.05, 3.63) is 34.9 Å². The van der Waals surface area contributed by atoms with Crippen LogP contribution in [0.4, 0.5) is 0 Å². The van der Waals surface area contributed by atoms with Crippen molar-refractivity contribution in [3.63, 3.8) is 0 Å². The molecule has 2 heteroatoms. The maximum absolute atomic E-state index is 9.88. The van der Waals surface area contributed by atoms with E-state index in [1.807, 2.05) is 0 Å². The van der Waals surface area contributed by atoms with Gasteiger partial charge in [-0.3, -0.25) is 0 Å². The summed E-state index contributed by atoms with van der Waals surface area (Å²) in [5.74, 6) is 0. The molecule has 0 bridgehead atoms. The lowest BCUT2D eigenvalue weighted by atomic mass is 10.0. The highest BCUT2D eigenvalue weighted by Gasteiger charge is 2.10. The summed E-state index contributed by atoms with van der Waals surface area (Å²) in [6.07, 6.45) is 7.29. The first-order chi connectivity index (χ1) is 7.40. The molecule has 0 unspecified atom stereocenters. The first-order valence-electron chi connectivity index (χ1n) is 5.54. The van der Waals surface area contributed by atoms with Crippen molar-refractivity contribution < 1.29 is 4.79 Å². The molecule has 1 aromatic rings. The van der Waals surface area contributed by atoms with Gasteiger partial charge in [-0.15, -0.1) is 0 Å². The van der Waals surface area contributed by atoms with E-state index in [1.54, 1.807) is 6.08 Å². The van der Waals surface area contributed by atoms with Crippen LogP contribution < -0.4 is 0 Å². The lowest BCUT2D eigenvalue weighted by Crippen LogP contribution is -1.91. The normalized spacial score (nSPS) is 13.3. The maximum Gasteiger partial charge on any atom is 0.234 e. The molecule has 0 saturated heterocycles. The van der Waals surface area contributed by atoms with E-state index in [1.165, 1.54) is 36.0 Å². The standard InChI is InChI=1S/C13H15NO/c15-10-14-8-2-3-11-6-7-12-4-1-5-13(12)9-11/h6-7,9H,1-5,8H2. The Morgan fingerprint density at radius 2 is 2.13 bits per heavy atom. The van der Waals surface area contributed by atoms with Crippen molar-refractivity contribution in [1.82, 2.24) is 0 Å². The molecule has 0 aliphatic heterocycles. The van der Waals surface area contributed by atoms with E-state index < -0.39 is 0 Å². The highest BCUT2D eigenvalue weighted by atomic mass is 16.1. The van der Waals surface area contributed by atoms with Gasteiger partial charge in [-0.2, -0.15) is 0 Å². The molecule has 0 heterocycles. The van der Waals surface area contributed by atoms with Gasteiger partial charge in [0.05, 0.1) is 6.54 Å². The first kappa shape index (κ1) is 10.1. The highest BCUT2D eigenvalue weighted by molar-refractivity contribution is 5.35. The summed E-state index contributed by atoms with van der Waals surface area (Å²) in [7, 11) is 0. The average molecular weight is 201 g/mol. The van der Waals surface area contributed by atoms with E-state index in [2.05, 4.69) is 23.2 Å². The van der Waals surface area contributed by atoms with Crippen molar-refractivity contribution >= 4 is 6.08 Å². The van der Waals surface area contributed by atoms with Gasteiger partial charge in [0.15, 0.2) is 0 Å². The molecule has 0 atom stereocenters. The molecule has 2 rings (SSSR count). The second-order valence-electron chi connectivity index (χ2n) is 4.03. The Kier molecular flexibility index (Phi) is 3.31. The summed E-state index contributed by atoms with van der Waals surface area (Å²) < 4.78 is 0. The van der Waals surface area contributed by atoms with Crippen LogP contribution in [0.1, 0.15) is 29.5 Å². The molecule has 1 aromatic carbocycles. The van der Waals surface area contributed by atoms with Crippen molar-refractivity contribution in [2.75, 3.05) is 6.54 Å². The molecule has 1 aliphatic carbocycles. The minimum absolute atomic E-state index is 0.598. The fraction of sp³-hybridized carbons (Fsp3) is 0.462. The number of rotatable bonds is 4. The zero-order chi connectivity index (χ0) is 10.5. The topological polar surface area (TPSA) is 29.4 Å². The van der Waals surface area contributed by atoms with Gasteiger partial charge in [0.25, 0.3) is 0 Å². The third-order valence-corrected chi connectivity index (χ3v) is 2.96. The third kappa shape index (κ3) is 2.54. The van der Waals surface area contributed by atoms with Crippen LogP contribution in [-0.2, 0) is 24.1 Å². The van der Waals surface area contributed by atoms with Crippen molar-refractivity contribution in [3.8, 4) is 0 Å². The molecule has 0 saturated carbocycles. The lowest BCUT2D eigenvalue weighted by molar-refractivity contribution is 0.562. The average Bonchev–Trinajstić information content (AvgIpc) is 2.71. The number of aliphatic imine (C=N–C) groups is 1. The van der Waals surface area contributed by atoms with Crippen LogP contribution in [0.3, 0.4) is 0 Å². The molecule has 0 fully saturated rings. The number of fused-ring (bicyclic) bond motifs is 1. The van der Waals surface area contributed by atoms with Crippen LogP contribution in [0, 0.1) is 0 Å². The molecule has 78 valence electrons. The van der Waals surface area contributed by atoms with E-state index in [9.17, 15) is 4.79 Å². The lowest BCUT2D eigenvalue weighted by Gasteiger charge is -2.03. The number of hydrogen-bond acceptors (Lipinski definition) is 2. The quantitative estimate of drug-likeness (QED) is 0.418. The van der Waals surface area contributed by atoms with E-state index in [0.717, 1.165) is 12.8 Å². The summed E-state index contributed by atoms with van der Waals surface area (Å²) >= 11 is 0. The largest absolute Gasteiger partial charge is 0.234 e. The van der Waals surface area contributed by atoms with Gasteiger partial charge < -0.3 is 0 Å². The number of benzene rings is 1. The fourth-order valence-electron chi connectivity index (χ4n) is 2.19. The Bertz CT molecular complexity index is 392. The van der Waals surface area contributed by atoms with Gasteiger partial charge in [0.2, 0.25) is 6.08 Å². The van der Waals surface area contributed by atoms with E-state index in [0.29, 0.717) is 6.54 Å². The van der Waals surface area contributed by atoms with Gasteiger partial charge in [-0.25, -0.2) is 9.79 Å². The summed E-state index contributed by atoms with van der Waals surface area (Å²) in [6.45, 7) is 0.598. The monoisotopic (exact) mass is 201 g/mol. The van der Waals surface area contributed by atoms with Gasteiger partial charge in [0, 0.05) is 0 Å². The second-order valence-corrected chi connectivity index (χ2v) is 4.03. The molecule has 1 aliphatic rings. The van der Waals surface area contributed by atoms with Gasteiger partial charge in [-0.1, -0.05) is 18.2 Å². The minimum atomic E-state index is 0.598. The molecular weight excluding hydrogens is 186 g/mol. The van der Waals surface area contributed by atoms with Gasteiger partial charge in [0.1, 0.15) is 0 Å². The van der Waals surface area contributed by atoms with Crippen molar-refractivity contribution in [2.45, 2.75) is 32.1 Å². The third-order valence-electron chi connectivity index (χ3n) is 2.96. The van der Waals surface area contributed by atoms with E-state index in [4.69, 9.17) is 0 Å². The van der Waals surface area contributed by atoms with Crippen LogP contribution in [0.15, 0.2) is 23.2 Å². The SMILES string of the molecule is O=C=NCCCc1ccc2c(c1)CCC2. The number of carbonyl (C=O) groups excluding carboxylic acids is 1. The van der Waals surface area contributed by atoms with Crippen LogP contribution in [0.2, 0.25) is 0 Å². The molecule has 0 radical (unpaired) electrons. The van der Waals surface area contributed by atoms with Crippen LogP contribution in [0.25, 0.3) is 0 Å². The van der Waals surface area contributed by atoms with Crippen molar-refractivity contribution in [1.29, 1.82) is 0 Å². The predicted octanol–water partition coefficient (Wildman–Crippen LogP) is 2.44. The zero-order valence-corrected chi connectivity index (χ0v) is 8.83. The molecule has 0 N–H and O–H groups in total. The second kappa shape index (κ2) is 4.90. The number of isocyanates is 1. The maximum atomic E-state index is 9.88. The van der Waals surface area contributed by atoms with E-state index >= 15 is 0 Å². The summed E-state index contributed by atoms with van der Waals surface area (Å²) in [5, 5.41) is 0. The Hall–Kier alpha value is -1.40. The summed E-state index contributed by atoms with van der Waals surface area (Å²) in [6, 6.07) is 6.77. The number of aryl methyl sites for hydroxylation is 3. The summed E-state index contributed by atoms with van der Waals surface area (Å²) in [4.78, 5) is 13.4. The zero-order valence-electron chi connectivity index (χ0n) is 8.83. The molecule has 0 aromatic heterocycles. The molecule has 0 spiro atoms. The number of nitrogens with zero attached hydrogens (tertiary/aromatic N) is 1. The Morgan fingerprint density at radius 3 is 3.00 bits per heavy atom. The Balaban J connectivity index is 1.95. The molecule has 2 nitrogen and oxygen atoms in total. The van der Waals surface area contributed by atoms with Crippen LogP contribution in [0.5, 0.6) is 0 Å². The summed E-state index contributed by atoms with van der Waals surface area (Å²) in [5.41, 5.74) is 4.41. The van der Waals surface area contributed by atoms with Gasteiger partial charge in [-0.05, 0) is 48.8 Å². The number of hydrogen-bond donors (Lipinski definition) is 0. The predicted molar refractivity (Wildman–Crippen MR) is 59.8 cm³/mol. The van der Waals surface area contributed by atoms with Crippen molar-refractivity contribution in [2.24, 2.45) is 4.99 Å². The van der Waals surface area contributed by atoms with E-state index in [-0.39, 0.29) is 0 Å². The fourth-order valence-corrected chi connectivity index (χ4v) is 2.19. The first-order valence-corrected chi connectivity index (χ1v) is 5.54. The highest BCUT2D eigenvalue weighted by Crippen LogP contribution is 2.23. The Morgan fingerprint density at radius 1 is 1.27 bits per heavy atom. The van der Waals surface area contributed by atoms with Crippen LogP contribution in [-0.4, -0.2) is 12.6 Å². The molecule has 15 heavy (non-hydrogen) atoms. The Labute approximate surface area is 90.0 Å².